The number of fused-ring (bicyclic) bond motifs is 1. The molecule has 1 saturated carbocycles. The largest absolute Gasteiger partial charge is 0.353 e. The van der Waals surface area contributed by atoms with Crippen LogP contribution >= 0.6 is 11.3 Å². The molecule has 5 heteroatoms. The second-order valence-electron chi connectivity index (χ2n) is 5.45. The average Bonchev–Trinajstić information content (AvgIpc) is 3.08. The van der Waals surface area contributed by atoms with E-state index in [1.807, 2.05) is 11.3 Å². The summed E-state index contributed by atoms with van der Waals surface area (Å²) in [4.78, 5) is 6.30. The van der Waals surface area contributed by atoms with Gasteiger partial charge in [-0.25, -0.2) is 10.8 Å². The number of hydrogen-bond acceptors (Lipinski definition) is 3. The third kappa shape index (κ3) is 2.92. The van der Waals surface area contributed by atoms with Crippen LogP contribution in [0.1, 0.15) is 55.0 Å². The molecule has 0 aliphatic heterocycles. The maximum Gasteiger partial charge on any atom is 0.206 e. The van der Waals surface area contributed by atoms with Crippen LogP contribution in [0.5, 0.6) is 0 Å². The van der Waals surface area contributed by atoms with Crippen molar-refractivity contribution in [2.24, 2.45) is 10.8 Å². The monoisotopic (exact) mass is 278 g/mol. The quantitative estimate of drug-likeness (QED) is 0.337. The summed E-state index contributed by atoms with van der Waals surface area (Å²) in [6.07, 6.45) is 8.65. The molecule has 2 aliphatic carbocycles. The van der Waals surface area contributed by atoms with E-state index in [0.29, 0.717) is 6.04 Å². The zero-order valence-electron chi connectivity index (χ0n) is 11.2. The van der Waals surface area contributed by atoms with Crippen LogP contribution in [0.25, 0.3) is 0 Å². The second kappa shape index (κ2) is 5.92. The molecule has 1 fully saturated rings. The highest BCUT2D eigenvalue weighted by atomic mass is 32.1. The summed E-state index contributed by atoms with van der Waals surface area (Å²) in [7, 11) is 0. The number of hydrogen-bond donors (Lipinski definition) is 3. The Morgan fingerprint density at radius 2 is 2.11 bits per heavy atom. The van der Waals surface area contributed by atoms with Gasteiger partial charge in [0.15, 0.2) is 0 Å². The van der Waals surface area contributed by atoms with Gasteiger partial charge in [-0.1, -0.05) is 12.8 Å². The van der Waals surface area contributed by atoms with E-state index in [4.69, 9.17) is 10.8 Å². The van der Waals surface area contributed by atoms with Crippen molar-refractivity contribution in [1.29, 1.82) is 0 Å². The molecule has 4 nitrogen and oxygen atoms in total. The molecule has 19 heavy (non-hydrogen) atoms. The maximum absolute atomic E-state index is 5.62. The smallest absolute Gasteiger partial charge is 0.206 e. The van der Waals surface area contributed by atoms with Crippen LogP contribution in [0.2, 0.25) is 0 Å². The molecule has 1 heterocycles. The van der Waals surface area contributed by atoms with E-state index < -0.39 is 0 Å². The summed E-state index contributed by atoms with van der Waals surface area (Å²) in [5.41, 5.74) is 4.14. The number of rotatable bonds is 2. The van der Waals surface area contributed by atoms with E-state index in [9.17, 15) is 0 Å². The third-order valence-electron chi connectivity index (χ3n) is 4.14. The fourth-order valence-corrected chi connectivity index (χ4v) is 4.11. The van der Waals surface area contributed by atoms with E-state index in [1.165, 1.54) is 49.0 Å². The number of aryl methyl sites for hydroxylation is 1. The van der Waals surface area contributed by atoms with E-state index in [0.717, 1.165) is 12.4 Å². The molecular formula is C14H22N4S. The lowest BCUT2D eigenvalue weighted by atomic mass is 9.95. The molecule has 1 unspecified atom stereocenters. The molecule has 0 amide bonds. The highest BCUT2D eigenvalue weighted by molar-refractivity contribution is 7.10. The Morgan fingerprint density at radius 1 is 1.26 bits per heavy atom. The van der Waals surface area contributed by atoms with Crippen molar-refractivity contribution >= 4 is 17.3 Å². The van der Waals surface area contributed by atoms with Gasteiger partial charge in [-0.3, -0.25) is 5.43 Å². The van der Waals surface area contributed by atoms with Crippen LogP contribution in [0, 0.1) is 0 Å². The fourth-order valence-electron chi connectivity index (χ4n) is 3.13. The number of aliphatic imine (C=N–C) groups is 1. The van der Waals surface area contributed by atoms with Gasteiger partial charge in [0.25, 0.3) is 0 Å². The van der Waals surface area contributed by atoms with Gasteiger partial charge < -0.3 is 5.32 Å². The SMILES string of the molecule is NNC(=NC1CCCc2sccc21)NC1CCCC1. The van der Waals surface area contributed by atoms with Crippen molar-refractivity contribution in [2.45, 2.75) is 57.0 Å². The van der Waals surface area contributed by atoms with Crippen LogP contribution in [-0.2, 0) is 6.42 Å². The van der Waals surface area contributed by atoms with Gasteiger partial charge in [-0.2, -0.15) is 0 Å². The maximum atomic E-state index is 5.62. The van der Waals surface area contributed by atoms with E-state index in [2.05, 4.69) is 22.2 Å². The minimum atomic E-state index is 0.273. The van der Waals surface area contributed by atoms with Gasteiger partial charge in [0.1, 0.15) is 0 Å². The first-order chi connectivity index (χ1) is 9.36. The lowest BCUT2D eigenvalue weighted by Crippen LogP contribution is -2.45. The van der Waals surface area contributed by atoms with Crippen molar-refractivity contribution in [1.82, 2.24) is 10.7 Å². The number of thiophene rings is 1. The topological polar surface area (TPSA) is 62.4 Å². The van der Waals surface area contributed by atoms with Gasteiger partial charge >= 0.3 is 0 Å². The van der Waals surface area contributed by atoms with Crippen LogP contribution in [0.15, 0.2) is 16.4 Å². The molecule has 4 N–H and O–H groups in total. The Bertz CT molecular complexity index is 448. The summed E-state index contributed by atoms with van der Waals surface area (Å²) >= 11 is 1.86. The van der Waals surface area contributed by atoms with Crippen LogP contribution < -0.4 is 16.6 Å². The standard InChI is InChI=1S/C14H22N4S/c15-18-14(16-10-4-1-2-5-10)17-12-6-3-7-13-11(12)8-9-19-13/h8-10,12H,1-7,15H2,(H2,16,17,18). The zero-order valence-corrected chi connectivity index (χ0v) is 12.0. The van der Waals surface area contributed by atoms with Gasteiger partial charge in [-0.15, -0.1) is 11.3 Å². The van der Waals surface area contributed by atoms with Crippen molar-refractivity contribution in [3.8, 4) is 0 Å². The summed E-state index contributed by atoms with van der Waals surface area (Å²) < 4.78 is 0. The van der Waals surface area contributed by atoms with Crippen molar-refractivity contribution in [3.63, 3.8) is 0 Å². The lowest BCUT2D eigenvalue weighted by Gasteiger charge is -2.22. The Morgan fingerprint density at radius 3 is 2.89 bits per heavy atom. The molecule has 3 rings (SSSR count). The Balaban J connectivity index is 1.72. The fraction of sp³-hybridized carbons (Fsp3) is 0.643. The number of nitrogens with one attached hydrogen (secondary N) is 2. The molecule has 2 aliphatic rings. The Hall–Kier alpha value is -1.07. The molecule has 0 bridgehead atoms. The summed E-state index contributed by atoms with van der Waals surface area (Å²) in [6.45, 7) is 0. The Labute approximate surface area is 118 Å². The van der Waals surface area contributed by atoms with Gasteiger partial charge in [0, 0.05) is 10.9 Å². The van der Waals surface area contributed by atoms with Gasteiger partial charge in [0.05, 0.1) is 6.04 Å². The first kappa shape index (κ1) is 12.9. The number of nitrogens with zero attached hydrogens (tertiary/aromatic N) is 1. The normalized spacial score (nSPS) is 24.3. The van der Waals surface area contributed by atoms with Crippen LogP contribution in [0.3, 0.4) is 0 Å². The minimum absolute atomic E-state index is 0.273. The molecule has 0 radical (unpaired) electrons. The van der Waals surface area contributed by atoms with Gasteiger partial charge in [0.2, 0.25) is 5.96 Å². The molecule has 0 spiro atoms. The van der Waals surface area contributed by atoms with E-state index in [-0.39, 0.29) is 6.04 Å². The van der Waals surface area contributed by atoms with Crippen LogP contribution in [-0.4, -0.2) is 12.0 Å². The molecule has 1 aromatic rings. The number of nitrogens with two attached hydrogens (primary N) is 1. The first-order valence-electron chi connectivity index (χ1n) is 7.24. The summed E-state index contributed by atoms with van der Waals surface area (Å²) in [6, 6.07) is 3.03. The predicted molar refractivity (Wildman–Crippen MR) is 80.1 cm³/mol. The number of hydrazine groups is 1. The predicted octanol–water partition coefficient (Wildman–Crippen LogP) is 2.48. The zero-order chi connectivity index (χ0) is 13.1. The average molecular weight is 278 g/mol. The summed E-state index contributed by atoms with van der Waals surface area (Å²) in [5, 5.41) is 5.63. The molecule has 0 saturated heterocycles. The number of guanidine groups is 1. The highest BCUT2D eigenvalue weighted by Gasteiger charge is 2.22. The van der Waals surface area contributed by atoms with Crippen molar-refractivity contribution < 1.29 is 0 Å². The highest BCUT2D eigenvalue weighted by Crippen LogP contribution is 2.35. The van der Waals surface area contributed by atoms with Crippen molar-refractivity contribution in [3.05, 3.63) is 21.9 Å². The van der Waals surface area contributed by atoms with E-state index in [1.54, 1.807) is 0 Å². The van der Waals surface area contributed by atoms with Crippen LogP contribution in [0.4, 0.5) is 0 Å². The summed E-state index contributed by atoms with van der Waals surface area (Å²) in [5.74, 6) is 6.38. The molecule has 1 aromatic heterocycles. The molecular weight excluding hydrogens is 256 g/mol. The van der Waals surface area contributed by atoms with Crippen molar-refractivity contribution in [2.75, 3.05) is 0 Å². The Kier molecular flexibility index (Phi) is 4.03. The van der Waals surface area contributed by atoms with E-state index >= 15 is 0 Å². The third-order valence-corrected chi connectivity index (χ3v) is 5.13. The molecule has 104 valence electrons. The first-order valence-corrected chi connectivity index (χ1v) is 8.12. The second-order valence-corrected chi connectivity index (χ2v) is 6.46. The minimum Gasteiger partial charge on any atom is -0.353 e. The van der Waals surface area contributed by atoms with Gasteiger partial charge in [-0.05, 0) is 49.1 Å². The molecule has 1 atom stereocenters. The molecule has 0 aromatic carbocycles. The lowest BCUT2D eigenvalue weighted by molar-refractivity contribution is 0.562.